The Morgan fingerprint density at radius 2 is 1.93 bits per heavy atom. The summed E-state index contributed by atoms with van der Waals surface area (Å²) in [7, 11) is 0. The molecule has 14 heavy (non-hydrogen) atoms. The van der Waals surface area contributed by atoms with Crippen molar-refractivity contribution in [3.8, 4) is 0 Å². The van der Waals surface area contributed by atoms with Gasteiger partial charge in [0.05, 0.1) is 13.2 Å². The van der Waals surface area contributed by atoms with Crippen LogP contribution in [0.2, 0.25) is 0 Å². The van der Waals surface area contributed by atoms with Crippen molar-refractivity contribution in [1.82, 2.24) is 0 Å². The molecule has 0 N–H and O–H groups in total. The second-order valence-corrected chi connectivity index (χ2v) is 2.87. The Morgan fingerprint density at radius 3 is 2.64 bits per heavy atom. The van der Waals surface area contributed by atoms with Crippen molar-refractivity contribution >= 4 is 6.29 Å². The van der Waals surface area contributed by atoms with E-state index < -0.39 is 0 Å². The van der Waals surface area contributed by atoms with Crippen LogP contribution >= 0.6 is 0 Å². The topological polar surface area (TPSA) is 26.3 Å². The predicted octanol–water partition coefficient (Wildman–Crippen LogP) is 2.35. The molecule has 1 rings (SSSR count). The maximum absolute atomic E-state index is 9.97. The van der Waals surface area contributed by atoms with E-state index in [4.69, 9.17) is 4.74 Å². The molecule has 0 saturated heterocycles. The normalized spacial score (nSPS) is 10.6. The van der Waals surface area contributed by atoms with Gasteiger partial charge in [0, 0.05) is 6.42 Å². The lowest BCUT2D eigenvalue weighted by Gasteiger charge is -2.00. The molecule has 0 aliphatic rings. The Bertz CT molecular complexity index is 278. The Labute approximate surface area is 84.2 Å². The summed E-state index contributed by atoms with van der Waals surface area (Å²) in [6.45, 7) is 1.18. The van der Waals surface area contributed by atoms with Crippen LogP contribution in [0.4, 0.5) is 0 Å². The van der Waals surface area contributed by atoms with Gasteiger partial charge in [-0.3, -0.25) is 0 Å². The SMILES string of the molecule is O=CC/C=C/COCc1ccccc1. The fourth-order valence-electron chi connectivity index (χ4n) is 1.04. The van der Waals surface area contributed by atoms with Gasteiger partial charge in [0.1, 0.15) is 6.29 Å². The van der Waals surface area contributed by atoms with Crippen molar-refractivity contribution in [2.45, 2.75) is 13.0 Å². The van der Waals surface area contributed by atoms with Gasteiger partial charge < -0.3 is 9.53 Å². The van der Waals surface area contributed by atoms with E-state index >= 15 is 0 Å². The van der Waals surface area contributed by atoms with Crippen LogP contribution in [-0.2, 0) is 16.1 Å². The number of allylic oxidation sites excluding steroid dienone is 1. The molecule has 2 nitrogen and oxygen atoms in total. The van der Waals surface area contributed by atoms with E-state index in [1.165, 1.54) is 0 Å². The molecule has 0 aliphatic carbocycles. The summed E-state index contributed by atoms with van der Waals surface area (Å²) in [4.78, 5) is 9.97. The average Bonchev–Trinajstić information content (AvgIpc) is 2.25. The van der Waals surface area contributed by atoms with Gasteiger partial charge in [-0.05, 0) is 5.56 Å². The average molecular weight is 190 g/mol. The van der Waals surface area contributed by atoms with Crippen LogP contribution in [0.15, 0.2) is 42.5 Å². The quantitative estimate of drug-likeness (QED) is 0.391. The summed E-state index contributed by atoms with van der Waals surface area (Å²) in [6, 6.07) is 10.00. The number of hydrogen-bond donors (Lipinski definition) is 0. The van der Waals surface area contributed by atoms with E-state index in [0.29, 0.717) is 19.6 Å². The third-order valence-electron chi connectivity index (χ3n) is 1.72. The Morgan fingerprint density at radius 1 is 1.14 bits per heavy atom. The van der Waals surface area contributed by atoms with Crippen LogP contribution in [-0.4, -0.2) is 12.9 Å². The van der Waals surface area contributed by atoms with Gasteiger partial charge in [0.2, 0.25) is 0 Å². The molecular weight excluding hydrogens is 176 g/mol. The molecule has 0 unspecified atom stereocenters. The van der Waals surface area contributed by atoms with Crippen LogP contribution in [0.1, 0.15) is 12.0 Å². The van der Waals surface area contributed by atoms with Crippen molar-refractivity contribution in [2.24, 2.45) is 0 Å². The van der Waals surface area contributed by atoms with Gasteiger partial charge in [-0.2, -0.15) is 0 Å². The summed E-state index contributed by atoms with van der Waals surface area (Å²) in [5.74, 6) is 0. The van der Waals surface area contributed by atoms with Gasteiger partial charge in [0.15, 0.2) is 0 Å². The van der Waals surface area contributed by atoms with Crippen molar-refractivity contribution in [3.05, 3.63) is 48.0 Å². The molecule has 0 amide bonds. The largest absolute Gasteiger partial charge is 0.373 e. The highest BCUT2D eigenvalue weighted by atomic mass is 16.5. The Kier molecular flexibility index (Phi) is 5.36. The number of carbonyl (C=O) groups is 1. The van der Waals surface area contributed by atoms with Crippen LogP contribution in [0.3, 0.4) is 0 Å². The van der Waals surface area contributed by atoms with Crippen LogP contribution < -0.4 is 0 Å². The summed E-state index contributed by atoms with van der Waals surface area (Å²) in [6.07, 6.45) is 5.00. The number of carbonyl (C=O) groups excluding carboxylic acids is 1. The van der Waals surface area contributed by atoms with Gasteiger partial charge in [-0.15, -0.1) is 0 Å². The van der Waals surface area contributed by atoms with E-state index in [1.807, 2.05) is 36.4 Å². The lowest BCUT2D eigenvalue weighted by atomic mass is 10.2. The van der Waals surface area contributed by atoms with E-state index in [1.54, 1.807) is 6.08 Å². The number of ether oxygens (including phenoxy) is 1. The lowest BCUT2D eigenvalue weighted by Crippen LogP contribution is -1.91. The van der Waals surface area contributed by atoms with Crippen molar-refractivity contribution in [1.29, 1.82) is 0 Å². The minimum Gasteiger partial charge on any atom is -0.373 e. The first kappa shape index (κ1) is 10.7. The van der Waals surface area contributed by atoms with Crippen LogP contribution in [0.5, 0.6) is 0 Å². The summed E-state index contributed by atoms with van der Waals surface area (Å²) in [5.41, 5.74) is 1.16. The minimum absolute atomic E-state index is 0.467. The van der Waals surface area contributed by atoms with Crippen LogP contribution in [0.25, 0.3) is 0 Å². The van der Waals surface area contributed by atoms with Crippen molar-refractivity contribution in [2.75, 3.05) is 6.61 Å². The fraction of sp³-hybridized carbons (Fsp3) is 0.250. The van der Waals surface area contributed by atoms with Gasteiger partial charge in [-0.25, -0.2) is 0 Å². The van der Waals surface area contributed by atoms with E-state index in [0.717, 1.165) is 11.8 Å². The second-order valence-electron chi connectivity index (χ2n) is 2.87. The first-order valence-electron chi connectivity index (χ1n) is 4.64. The monoisotopic (exact) mass is 190 g/mol. The lowest BCUT2D eigenvalue weighted by molar-refractivity contribution is -0.107. The molecule has 74 valence electrons. The third kappa shape index (κ3) is 4.58. The Balaban J connectivity index is 2.13. The molecule has 2 heteroatoms. The highest BCUT2D eigenvalue weighted by Gasteiger charge is 1.88. The van der Waals surface area contributed by atoms with Crippen molar-refractivity contribution < 1.29 is 9.53 Å². The zero-order valence-corrected chi connectivity index (χ0v) is 8.06. The molecule has 0 saturated carbocycles. The van der Waals surface area contributed by atoms with Gasteiger partial charge in [0.25, 0.3) is 0 Å². The van der Waals surface area contributed by atoms with Crippen LogP contribution in [0, 0.1) is 0 Å². The van der Waals surface area contributed by atoms with E-state index in [2.05, 4.69) is 0 Å². The zero-order valence-electron chi connectivity index (χ0n) is 8.06. The smallest absolute Gasteiger partial charge is 0.123 e. The molecule has 0 radical (unpaired) electrons. The first-order chi connectivity index (χ1) is 6.93. The summed E-state index contributed by atoms with van der Waals surface area (Å²) in [5, 5.41) is 0. The van der Waals surface area contributed by atoms with Crippen molar-refractivity contribution in [3.63, 3.8) is 0 Å². The Hall–Kier alpha value is -1.41. The zero-order chi connectivity index (χ0) is 10.1. The molecule has 1 aromatic carbocycles. The second kappa shape index (κ2) is 7.04. The third-order valence-corrected chi connectivity index (χ3v) is 1.72. The van der Waals surface area contributed by atoms with Gasteiger partial charge in [-0.1, -0.05) is 42.5 Å². The summed E-state index contributed by atoms with van der Waals surface area (Å²) < 4.78 is 5.36. The number of rotatable bonds is 6. The standard InChI is InChI=1S/C12H14O2/c13-9-5-2-6-10-14-11-12-7-3-1-4-8-12/h1-4,6-9H,5,10-11H2/b6-2+. The first-order valence-corrected chi connectivity index (χ1v) is 4.64. The molecule has 1 aromatic rings. The molecule has 0 bridgehead atoms. The number of aldehydes is 1. The number of hydrogen-bond acceptors (Lipinski definition) is 2. The predicted molar refractivity (Wildman–Crippen MR) is 55.9 cm³/mol. The van der Waals surface area contributed by atoms with E-state index in [9.17, 15) is 4.79 Å². The van der Waals surface area contributed by atoms with E-state index in [-0.39, 0.29) is 0 Å². The maximum Gasteiger partial charge on any atom is 0.123 e. The fourth-order valence-corrected chi connectivity index (χ4v) is 1.04. The molecule has 0 spiro atoms. The minimum atomic E-state index is 0.467. The van der Waals surface area contributed by atoms with Gasteiger partial charge >= 0.3 is 0 Å². The highest BCUT2D eigenvalue weighted by molar-refractivity contribution is 5.51. The highest BCUT2D eigenvalue weighted by Crippen LogP contribution is 1.99. The molecule has 0 aliphatic heterocycles. The maximum atomic E-state index is 9.97. The molecule has 0 fully saturated rings. The summed E-state index contributed by atoms with van der Waals surface area (Å²) >= 11 is 0. The molecule has 0 heterocycles. The molecule has 0 atom stereocenters. The molecule has 0 aromatic heterocycles. The molecular formula is C12H14O2. The number of benzene rings is 1.